The van der Waals surface area contributed by atoms with E-state index in [0.717, 1.165) is 11.3 Å². The summed E-state index contributed by atoms with van der Waals surface area (Å²) >= 11 is 0. The molecule has 5 nitrogen and oxygen atoms in total. The third kappa shape index (κ3) is 4.34. The molecule has 1 amide bonds. The number of nitrogens with zero attached hydrogens (tertiary/aromatic N) is 1. The van der Waals surface area contributed by atoms with Gasteiger partial charge < -0.3 is 15.8 Å². The Morgan fingerprint density at radius 1 is 1.27 bits per heavy atom. The number of hydrogen-bond acceptors (Lipinski definition) is 4. The molecule has 0 aliphatic rings. The van der Waals surface area contributed by atoms with Crippen LogP contribution >= 0.6 is 0 Å². The molecule has 114 valence electrons. The van der Waals surface area contributed by atoms with Crippen molar-refractivity contribution in [2.24, 2.45) is 0 Å². The highest BCUT2D eigenvalue weighted by Gasteiger charge is 2.03. The molecule has 22 heavy (non-hydrogen) atoms. The lowest BCUT2D eigenvalue weighted by atomic mass is 10.2. The van der Waals surface area contributed by atoms with Gasteiger partial charge in [-0.05, 0) is 49.8 Å². The van der Waals surface area contributed by atoms with Crippen LogP contribution in [0.15, 0.2) is 42.5 Å². The molecular formula is C17H19N3O2. The van der Waals surface area contributed by atoms with Crippen molar-refractivity contribution in [2.45, 2.75) is 13.8 Å². The first-order valence-electron chi connectivity index (χ1n) is 7.03. The number of rotatable bonds is 5. The standard InChI is InChI=1S/C17H19N3O2/c1-3-22-14-7-4-13(5-8-14)6-11-17(21)20-15-9-10-16(18)19-12(15)2/h4-11H,3H2,1-2H3,(H2,18,19)(H,20,21)/b11-6+. The van der Waals surface area contributed by atoms with E-state index >= 15 is 0 Å². The lowest BCUT2D eigenvalue weighted by Crippen LogP contribution is -2.10. The molecule has 5 heteroatoms. The Morgan fingerprint density at radius 2 is 2.00 bits per heavy atom. The molecule has 0 fully saturated rings. The van der Waals surface area contributed by atoms with E-state index in [2.05, 4.69) is 10.3 Å². The lowest BCUT2D eigenvalue weighted by Gasteiger charge is -2.06. The third-order valence-electron chi connectivity index (χ3n) is 2.98. The van der Waals surface area contributed by atoms with E-state index in [1.807, 2.05) is 31.2 Å². The maximum absolute atomic E-state index is 11.9. The van der Waals surface area contributed by atoms with E-state index in [0.29, 0.717) is 23.8 Å². The second-order valence-electron chi connectivity index (χ2n) is 4.69. The summed E-state index contributed by atoms with van der Waals surface area (Å²) in [6.07, 6.45) is 3.22. The van der Waals surface area contributed by atoms with Gasteiger partial charge in [-0.2, -0.15) is 0 Å². The highest BCUT2D eigenvalue weighted by atomic mass is 16.5. The molecule has 0 atom stereocenters. The van der Waals surface area contributed by atoms with Gasteiger partial charge in [0.05, 0.1) is 18.0 Å². The number of carbonyl (C=O) groups excluding carboxylic acids is 1. The summed E-state index contributed by atoms with van der Waals surface area (Å²) in [4.78, 5) is 16.0. The van der Waals surface area contributed by atoms with Gasteiger partial charge in [0, 0.05) is 6.08 Å². The van der Waals surface area contributed by atoms with E-state index in [1.54, 1.807) is 25.1 Å². The molecule has 0 unspecified atom stereocenters. The number of amides is 1. The quantitative estimate of drug-likeness (QED) is 0.832. The Kier molecular flexibility index (Phi) is 5.14. The number of nitrogen functional groups attached to an aromatic ring is 1. The number of hydrogen-bond donors (Lipinski definition) is 2. The molecule has 2 rings (SSSR count). The predicted octanol–water partition coefficient (Wildman–Crippen LogP) is 3.02. The summed E-state index contributed by atoms with van der Waals surface area (Å²) in [5.74, 6) is 1.02. The van der Waals surface area contributed by atoms with E-state index in [1.165, 1.54) is 6.08 Å². The number of nitrogens with one attached hydrogen (secondary N) is 1. The first kappa shape index (κ1) is 15.6. The topological polar surface area (TPSA) is 77.2 Å². The van der Waals surface area contributed by atoms with Gasteiger partial charge in [-0.15, -0.1) is 0 Å². The molecule has 0 radical (unpaired) electrons. The van der Waals surface area contributed by atoms with Gasteiger partial charge in [-0.3, -0.25) is 4.79 Å². The normalized spacial score (nSPS) is 10.6. The summed E-state index contributed by atoms with van der Waals surface area (Å²) in [7, 11) is 0. The fraction of sp³-hybridized carbons (Fsp3) is 0.176. The van der Waals surface area contributed by atoms with Gasteiger partial charge in [-0.25, -0.2) is 4.98 Å². The third-order valence-corrected chi connectivity index (χ3v) is 2.98. The van der Waals surface area contributed by atoms with Crippen LogP contribution in [-0.4, -0.2) is 17.5 Å². The van der Waals surface area contributed by atoms with Crippen LogP contribution in [-0.2, 0) is 4.79 Å². The SMILES string of the molecule is CCOc1ccc(/C=C/C(=O)Nc2ccc(N)nc2C)cc1. The molecule has 0 saturated carbocycles. The number of pyridine rings is 1. The number of nitrogens with two attached hydrogens (primary N) is 1. The Morgan fingerprint density at radius 3 is 2.64 bits per heavy atom. The summed E-state index contributed by atoms with van der Waals surface area (Å²) in [5, 5.41) is 2.77. The second-order valence-corrected chi connectivity index (χ2v) is 4.69. The molecule has 0 spiro atoms. The molecule has 2 aromatic rings. The highest BCUT2D eigenvalue weighted by molar-refractivity contribution is 6.02. The number of benzene rings is 1. The van der Waals surface area contributed by atoms with Crippen molar-refractivity contribution in [3.63, 3.8) is 0 Å². The number of carbonyl (C=O) groups is 1. The number of anilines is 2. The van der Waals surface area contributed by atoms with Gasteiger partial charge >= 0.3 is 0 Å². The van der Waals surface area contributed by atoms with Crippen LogP contribution in [0.4, 0.5) is 11.5 Å². The van der Waals surface area contributed by atoms with Gasteiger partial charge in [0.25, 0.3) is 0 Å². The predicted molar refractivity (Wildman–Crippen MR) is 88.7 cm³/mol. The Balaban J connectivity index is 1.98. The van der Waals surface area contributed by atoms with E-state index in [9.17, 15) is 4.79 Å². The van der Waals surface area contributed by atoms with Gasteiger partial charge in [0.1, 0.15) is 11.6 Å². The first-order chi connectivity index (χ1) is 10.6. The minimum absolute atomic E-state index is 0.219. The number of aryl methyl sites for hydroxylation is 1. The second kappa shape index (κ2) is 7.26. The molecule has 0 bridgehead atoms. The zero-order chi connectivity index (χ0) is 15.9. The Labute approximate surface area is 129 Å². The van der Waals surface area contributed by atoms with E-state index in [4.69, 9.17) is 10.5 Å². The monoisotopic (exact) mass is 297 g/mol. The smallest absolute Gasteiger partial charge is 0.248 e. The van der Waals surface area contributed by atoms with Crippen molar-refractivity contribution in [2.75, 3.05) is 17.7 Å². The van der Waals surface area contributed by atoms with Crippen molar-refractivity contribution in [1.29, 1.82) is 0 Å². The molecule has 1 aromatic heterocycles. The largest absolute Gasteiger partial charge is 0.494 e. The van der Waals surface area contributed by atoms with Crippen molar-refractivity contribution in [1.82, 2.24) is 4.98 Å². The molecule has 0 aliphatic carbocycles. The van der Waals surface area contributed by atoms with Crippen LogP contribution < -0.4 is 15.8 Å². The Hall–Kier alpha value is -2.82. The summed E-state index contributed by atoms with van der Waals surface area (Å²) < 4.78 is 5.37. The van der Waals surface area contributed by atoms with Crippen LogP contribution in [0.3, 0.4) is 0 Å². The van der Waals surface area contributed by atoms with Crippen LogP contribution in [0.1, 0.15) is 18.2 Å². The zero-order valence-corrected chi connectivity index (χ0v) is 12.7. The highest BCUT2D eigenvalue weighted by Crippen LogP contribution is 2.15. The molecule has 0 aliphatic heterocycles. The van der Waals surface area contributed by atoms with Gasteiger partial charge in [0.2, 0.25) is 5.91 Å². The van der Waals surface area contributed by atoms with E-state index in [-0.39, 0.29) is 5.91 Å². The van der Waals surface area contributed by atoms with Crippen LogP contribution in [0.5, 0.6) is 5.75 Å². The average molecular weight is 297 g/mol. The van der Waals surface area contributed by atoms with Crippen LogP contribution in [0, 0.1) is 6.92 Å². The van der Waals surface area contributed by atoms with Gasteiger partial charge in [0.15, 0.2) is 0 Å². The summed E-state index contributed by atoms with van der Waals surface area (Å²) in [5.41, 5.74) is 7.83. The number of aromatic nitrogens is 1. The summed E-state index contributed by atoms with van der Waals surface area (Å²) in [6, 6.07) is 10.9. The fourth-order valence-electron chi connectivity index (χ4n) is 1.90. The molecular weight excluding hydrogens is 278 g/mol. The Bertz CT molecular complexity index is 679. The maximum atomic E-state index is 11.9. The van der Waals surface area contributed by atoms with E-state index < -0.39 is 0 Å². The van der Waals surface area contributed by atoms with Crippen LogP contribution in [0.25, 0.3) is 6.08 Å². The summed E-state index contributed by atoms with van der Waals surface area (Å²) in [6.45, 7) is 4.36. The maximum Gasteiger partial charge on any atom is 0.248 e. The van der Waals surface area contributed by atoms with Crippen molar-refractivity contribution >= 4 is 23.5 Å². The minimum atomic E-state index is -0.219. The van der Waals surface area contributed by atoms with Crippen LogP contribution in [0.2, 0.25) is 0 Å². The van der Waals surface area contributed by atoms with Crippen molar-refractivity contribution < 1.29 is 9.53 Å². The van der Waals surface area contributed by atoms with Crippen molar-refractivity contribution in [3.8, 4) is 5.75 Å². The molecule has 1 aromatic carbocycles. The average Bonchev–Trinajstić information content (AvgIpc) is 2.50. The molecule has 1 heterocycles. The fourth-order valence-corrected chi connectivity index (χ4v) is 1.90. The lowest BCUT2D eigenvalue weighted by molar-refractivity contribution is -0.111. The number of ether oxygens (including phenoxy) is 1. The molecule has 3 N–H and O–H groups in total. The van der Waals surface area contributed by atoms with Gasteiger partial charge in [-0.1, -0.05) is 12.1 Å². The van der Waals surface area contributed by atoms with Crippen molar-refractivity contribution in [3.05, 3.63) is 53.7 Å². The first-order valence-corrected chi connectivity index (χ1v) is 7.03. The minimum Gasteiger partial charge on any atom is -0.494 e. The molecule has 0 saturated heterocycles. The zero-order valence-electron chi connectivity index (χ0n) is 12.7.